The van der Waals surface area contributed by atoms with Crippen molar-refractivity contribution in [2.24, 2.45) is 0 Å². The number of hydrogen-bond acceptors (Lipinski definition) is 5. The van der Waals surface area contributed by atoms with Gasteiger partial charge in [0.15, 0.2) is 6.61 Å². The van der Waals surface area contributed by atoms with Crippen LogP contribution in [0.2, 0.25) is 0 Å². The van der Waals surface area contributed by atoms with Gasteiger partial charge in [-0.2, -0.15) is 0 Å². The van der Waals surface area contributed by atoms with Crippen molar-refractivity contribution in [1.29, 1.82) is 0 Å². The van der Waals surface area contributed by atoms with Gasteiger partial charge in [-0.3, -0.25) is 19.3 Å². The maximum atomic E-state index is 12.4. The van der Waals surface area contributed by atoms with Crippen LogP contribution in [0.25, 0.3) is 0 Å². The average Bonchev–Trinajstić information content (AvgIpc) is 2.65. The Labute approximate surface area is 156 Å². The third-order valence-corrected chi connectivity index (χ3v) is 3.99. The molecular formula is C20H20N2O5. The van der Waals surface area contributed by atoms with Crippen LogP contribution in [0, 0.1) is 6.92 Å². The second-order valence-corrected chi connectivity index (χ2v) is 6.12. The van der Waals surface area contributed by atoms with E-state index in [4.69, 9.17) is 9.47 Å². The van der Waals surface area contributed by atoms with Crippen LogP contribution in [0.5, 0.6) is 5.75 Å². The fraction of sp³-hybridized carbons (Fsp3) is 0.250. The monoisotopic (exact) mass is 368 g/mol. The molecule has 0 bridgehead atoms. The lowest BCUT2D eigenvalue weighted by atomic mass is 10.2. The molecule has 0 saturated heterocycles. The fourth-order valence-corrected chi connectivity index (χ4v) is 2.71. The van der Waals surface area contributed by atoms with Crippen LogP contribution in [0.1, 0.15) is 12.0 Å². The lowest BCUT2D eigenvalue weighted by molar-refractivity contribution is -0.148. The summed E-state index contributed by atoms with van der Waals surface area (Å²) < 4.78 is 10.5. The Balaban J connectivity index is 1.47. The van der Waals surface area contributed by atoms with Gasteiger partial charge in [-0.05, 0) is 36.8 Å². The van der Waals surface area contributed by atoms with Gasteiger partial charge in [0.05, 0.1) is 24.4 Å². The predicted octanol–water partition coefficient (Wildman–Crippen LogP) is 2.29. The summed E-state index contributed by atoms with van der Waals surface area (Å²) in [7, 11) is 0. The maximum absolute atomic E-state index is 12.4. The smallest absolute Gasteiger partial charge is 0.309 e. The first-order valence-corrected chi connectivity index (χ1v) is 8.57. The van der Waals surface area contributed by atoms with E-state index in [-0.39, 0.29) is 25.5 Å². The number of nitrogens with one attached hydrogen (secondary N) is 1. The first kappa shape index (κ1) is 18.4. The number of carbonyl (C=O) groups excluding carboxylic acids is 3. The predicted molar refractivity (Wildman–Crippen MR) is 99.7 cm³/mol. The van der Waals surface area contributed by atoms with Crippen molar-refractivity contribution in [3.05, 3.63) is 54.1 Å². The molecule has 0 aromatic heterocycles. The number of esters is 1. The Morgan fingerprint density at radius 2 is 1.96 bits per heavy atom. The molecule has 7 heteroatoms. The van der Waals surface area contributed by atoms with E-state index in [1.54, 1.807) is 30.3 Å². The van der Waals surface area contributed by atoms with E-state index in [0.29, 0.717) is 17.1 Å². The molecule has 1 aliphatic heterocycles. The van der Waals surface area contributed by atoms with Crippen molar-refractivity contribution in [2.45, 2.75) is 13.3 Å². The van der Waals surface area contributed by atoms with Gasteiger partial charge >= 0.3 is 5.97 Å². The number of hydrogen-bond donors (Lipinski definition) is 1. The topological polar surface area (TPSA) is 84.9 Å². The average molecular weight is 368 g/mol. The highest BCUT2D eigenvalue weighted by molar-refractivity contribution is 6.10. The lowest BCUT2D eigenvalue weighted by Crippen LogP contribution is -2.44. The molecular weight excluding hydrogens is 348 g/mol. The summed E-state index contributed by atoms with van der Waals surface area (Å²) in [5.74, 6) is -0.606. The second-order valence-electron chi connectivity index (χ2n) is 6.12. The van der Waals surface area contributed by atoms with E-state index in [9.17, 15) is 14.4 Å². The summed E-state index contributed by atoms with van der Waals surface area (Å²) in [5, 5.41) is 2.70. The number of benzene rings is 2. The van der Waals surface area contributed by atoms with Gasteiger partial charge in [-0.25, -0.2) is 0 Å². The number of ether oxygens (including phenoxy) is 2. The molecule has 140 valence electrons. The fourth-order valence-electron chi connectivity index (χ4n) is 2.71. The van der Waals surface area contributed by atoms with Crippen molar-refractivity contribution in [1.82, 2.24) is 0 Å². The Kier molecular flexibility index (Phi) is 5.71. The number of carbonyl (C=O) groups is 3. The minimum atomic E-state index is -0.536. The standard InChI is InChI=1S/C20H20N2O5/c1-14-5-4-6-15(11-14)26-10-9-20(25)27-13-19(24)22-12-18(23)21-16-7-2-3-8-17(16)22/h2-8,11H,9-10,12-13H2,1H3,(H,21,23). The van der Waals surface area contributed by atoms with Crippen LogP contribution in [0.3, 0.4) is 0 Å². The van der Waals surface area contributed by atoms with Gasteiger partial charge in [0.2, 0.25) is 5.91 Å². The van der Waals surface area contributed by atoms with Crippen LogP contribution < -0.4 is 15.0 Å². The minimum Gasteiger partial charge on any atom is -0.493 e. The molecule has 0 atom stereocenters. The largest absolute Gasteiger partial charge is 0.493 e. The highest BCUT2D eigenvalue weighted by Gasteiger charge is 2.27. The van der Waals surface area contributed by atoms with Gasteiger partial charge in [-0.1, -0.05) is 24.3 Å². The zero-order valence-electron chi connectivity index (χ0n) is 14.9. The highest BCUT2D eigenvalue weighted by Crippen LogP contribution is 2.28. The number of para-hydroxylation sites is 2. The lowest BCUT2D eigenvalue weighted by Gasteiger charge is -2.28. The number of amides is 2. The summed E-state index contributed by atoms with van der Waals surface area (Å²) in [6, 6.07) is 14.5. The van der Waals surface area contributed by atoms with E-state index < -0.39 is 18.5 Å². The first-order chi connectivity index (χ1) is 13.0. The van der Waals surface area contributed by atoms with E-state index in [2.05, 4.69) is 5.32 Å². The molecule has 2 amide bonds. The Morgan fingerprint density at radius 1 is 1.15 bits per heavy atom. The third kappa shape index (κ3) is 4.84. The van der Waals surface area contributed by atoms with Gasteiger partial charge in [-0.15, -0.1) is 0 Å². The zero-order chi connectivity index (χ0) is 19.2. The van der Waals surface area contributed by atoms with Crippen molar-refractivity contribution in [3.8, 4) is 5.75 Å². The summed E-state index contributed by atoms with van der Waals surface area (Å²) in [5.41, 5.74) is 2.20. The molecule has 2 aromatic carbocycles. The number of fused-ring (bicyclic) bond motifs is 1. The summed E-state index contributed by atoms with van der Waals surface area (Å²) >= 11 is 0. The van der Waals surface area contributed by atoms with Crippen molar-refractivity contribution >= 4 is 29.2 Å². The van der Waals surface area contributed by atoms with Gasteiger partial charge in [0, 0.05) is 0 Å². The normalized spacial score (nSPS) is 12.8. The summed E-state index contributed by atoms with van der Waals surface area (Å²) in [6.07, 6.45) is 0.0261. The molecule has 0 spiro atoms. The summed E-state index contributed by atoms with van der Waals surface area (Å²) in [4.78, 5) is 37.3. The van der Waals surface area contributed by atoms with Gasteiger partial charge < -0.3 is 14.8 Å². The van der Waals surface area contributed by atoms with E-state index in [1.165, 1.54) is 4.90 Å². The molecule has 3 rings (SSSR count). The van der Waals surface area contributed by atoms with E-state index >= 15 is 0 Å². The number of rotatable bonds is 6. The third-order valence-electron chi connectivity index (χ3n) is 3.99. The number of aryl methyl sites for hydroxylation is 1. The molecule has 0 unspecified atom stereocenters. The maximum Gasteiger partial charge on any atom is 0.309 e. The zero-order valence-corrected chi connectivity index (χ0v) is 14.9. The molecule has 0 radical (unpaired) electrons. The molecule has 0 fully saturated rings. The van der Waals surface area contributed by atoms with Crippen LogP contribution in [0.15, 0.2) is 48.5 Å². The Bertz CT molecular complexity index is 865. The molecule has 0 aliphatic carbocycles. The van der Waals surface area contributed by atoms with Crippen LogP contribution in [0.4, 0.5) is 11.4 Å². The van der Waals surface area contributed by atoms with E-state index in [0.717, 1.165) is 5.56 Å². The summed E-state index contributed by atoms with van der Waals surface area (Å²) in [6.45, 7) is 1.58. The van der Waals surface area contributed by atoms with Crippen LogP contribution in [-0.4, -0.2) is 37.5 Å². The minimum absolute atomic E-state index is 0.0261. The number of anilines is 2. The second kappa shape index (κ2) is 8.35. The van der Waals surface area contributed by atoms with Crippen molar-refractivity contribution < 1.29 is 23.9 Å². The molecule has 7 nitrogen and oxygen atoms in total. The van der Waals surface area contributed by atoms with Crippen LogP contribution >= 0.6 is 0 Å². The molecule has 27 heavy (non-hydrogen) atoms. The van der Waals surface area contributed by atoms with Gasteiger partial charge in [0.1, 0.15) is 12.3 Å². The molecule has 1 N–H and O–H groups in total. The first-order valence-electron chi connectivity index (χ1n) is 8.57. The molecule has 1 heterocycles. The SMILES string of the molecule is Cc1cccc(OCCC(=O)OCC(=O)N2CC(=O)Nc3ccccc32)c1. The Morgan fingerprint density at radius 3 is 2.78 bits per heavy atom. The van der Waals surface area contributed by atoms with Crippen LogP contribution in [-0.2, 0) is 19.1 Å². The number of nitrogens with zero attached hydrogens (tertiary/aromatic N) is 1. The molecule has 1 aliphatic rings. The van der Waals surface area contributed by atoms with E-state index in [1.807, 2.05) is 25.1 Å². The highest BCUT2D eigenvalue weighted by atomic mass is 16.5. The quantitative estimate of drug-likeness (QED) is 0.791. The van der Waals surface area contributed by atoms with Crippen molar-refractivity contribution in [2.75, 3.05) is 30.0 Å². The molecule has 0 saturated carbocycles. The Hall–Kier alpha value is -3.35. The van der Waals surface area contributed by atoms with Gasteiger partial charge in [0.25, 0.3) is 5.91 Å². The molecule has 2 aromatic rings. The van der Waals surface area contributed by atoms with Crippen molar-refractivity contribution in [3.63, 3.8) is 0 Å².